The Hall–Kier alpha value is -0.660. The molecule has 0 bridgehead atoms. The first-order valence-electron chi connectivity index (χ1n) is 6.76. The number of sulfone groups is 1. The molecule has 1 rings (SSSR count). The first-order valence-corrected chi connectivity index (χ1v) is 8.58. The second-order valence-electron chi connectivity index (χ2n) is 4.95. The van der Waals surface area contributed by atoms with Crippen LogP contribution in [0.3, 0.4) is 0 Å². The Morgan fingerprint density at radius 3 is 2.32 bits per heavy atom. The molecule has 1 aliphatic heterocycles. The normalized spacial score (nSPS) is 22.2. The van der Waals surface area contributed by atoms with Gasteiger partial charge in [0.05, 0.1) is 18.1 Å². The van der Waals surface area contributed by atoms with Gasteiger partial charge >= 0.3 is 5.97 Å². The maximum Gasteiger partial charge on any atom is 0.317 e. The lowest BCUT2D eigenvalue weighted by Gasteiger charge is -2.29. The summed E-state index contributed by atoms with van der Waals surface area (Å²) in [7, 11) is -2.97. The van der Waals surface area contributed by atoms with E-state index in [2.05, 4.69) is 18.7 Å². The summed E-state index contributed by atoms with van der Waals surface area (Å²) in [6, 6.07) is -0.142. The zero-order valence-corrected chi connectivity index (χ0v) is 12.5. The van der Waals surface area contributed by atoms with Gasteiger partial charge in [-0.2, -0.15) is 0 Å². The van der Waals surface area contributed by atoms with Gasteiger partial charge in [0.2, 0.25) is 0 Å². The van der Waals surface area contributed by atoms with Crippen LogP contribution in [0.25, 0.3) is 0 Å². The third-order valence-electron chi connectivity index (χ3n) is 3.66. The van der Waals surface area contributed by atoms with Crippen LogP contribution in [0.2, 0.25) is 0 Å². The molecule has 19 heavy (non-hydrogen) atoms. The monoisotopic (exact) mass is 292 g/mol. The zero-order valence-electron chi connectivity index (χ0n) is 11.7. The van der Waals surface area contributed by atoms with E-state index in [0.717, 1.165) is 19.6 Å². The summed E-state index contributed by atoms with van der Waals surface area (Å²) < 4.78 is 23.0. The van der Waals surface area contributed by atoms with Crippen molar-refractivity contribution >= 4 is 15.8 Å². The third kappa shape index (κ3) is 5.46. The van der Waals surface area contributed by atoms with Gasteiger partial charge in [-0.15, -0.1) is 0 Å². The molecule has 0 aromatic heterocycles. The average molecular weight is 292 g/mol. The molecule has 112 valence electrons. The number of hydrogen-bond acceptors (Lipinski definition) is 5. The van der Waals surface area contributed by atoms with E-state index >= 15 is 0 Å². The van der Waals surface area contributed by atoms with Crippen LogP contribution < -0.4 is 0 Å². The number of carboxylic acid groups (broad SMARTS) is 1. The second kappa shape index (κ2) is 7.21. The number of carbonyl (C=O) groups is 1. The van der Waals surface area contributed by atoms with Crippen molar-refractivity contribution in [1.29, 1.82) is 0 Å². The van der Waals surface area contributed by atoms with Gasteiger partial charge in [0.15, 0.2) is 9.84 Å². The maximum absolute atomic E-state index is 11.5. The summed E-state index contributed by atoms with van der Waals surface area (Å²) in [5.41, 5.74) is 0. The lowest BCUT2D eigenvalue weighted by Crippen LogP contribution is -2.44. The Morgan fingerprint density at radius 1 is 1.26 bits per heavy atom. The van der Waals surface area contributed by atoms with Crippen molar-refractivity contribution in [1.82, 2.24) is 9.80 Å². The molecular formula is C12H24N2O4S. The average Bonchev–Trinajstić information content (AvgIpc) is 2.69. The molecule has 1 aliphatic rings. The molecule has 6 nitrogen and oxygen atoms in total. The Morgan fingerprint density at radius 2 is 1.89 bits per heavy atom. The number of nitrogens with zero attached hydrogens (tertiary/aromatic N) is 2. The van der Waals surface area contributed by atoms with E-state index in [1.54, 1.807) is 4.90 Å². The third-order valence-corrected chi connectivity index (χ3v) is 5.41. The molecule has 0 spiro atoms. The van der Waals surface area contributed by atoms with Crippen molar-refractivity contribution in [3.8, 4) is 0 Å². The molecule has 0 radical (unpaired) electrons. The zero-order chi connectivity index (χ0) is 14.5. The quantitative estimate of drug-likeness (QED) is 0.673. The fraction of sp³-hybridized carbons (Fsp3) is 0.917. The van der Waals surface area contributed by atoms with E-state index < -0.39 is 15.8 Å². The van der Waals surface area contributed by atoms with Crippen LogP contribution in [-0.2, 0) is 14.6 Å². The molecule has 0 aromatic rings. The smallest absolute Gasteiger partial charge is 0.317 e. The molecule has 1 unspecified atom stereocenters. The highest BCUT2D eigenvalue weighted by Crippen LogP contribution is 2.17. The molecule has 1 saturated heterocycles. The van der Waals surface area contributed by atoms with Gasteiger partial charge in [0.25, 0.3) is 0 Å². The number of aliphatic carboxylic acids is 1. The largest absolute Gasteiger partial charge is 0.480 e. The number of rotatable bonds is 8. The molecular weight excluding hydrogens is 268 g/mol. The Labute approximate surface area is 115 Å². The summed E-state index contributed by atoms with van der Waals surface area (Å²) in [5, 5.41) is 8.95. The van der Waals surface area contributed by atoms with Crippen molar-refractivity contribution in [2.24, 2.45) is 0 Å². The van der Waals surface area contributed by atoms with Gasteiger partial charge in [-0.25, -0.2) is 8.42 Å². The van der Waals surface area contributed by atoms with E-state index in [-0.39, 0.29) is 24.1 Å². The molecule has 1 N–H and O–H groups in total. The number of hydrogen-bond donors (Lipinski definition) is 1. The number of likely N-dealkylation sites (N-methyl/N-ethyl adjacent to an activating group) is 1. The summed E-state index contributed by atoms with van der Waals surface area (Å²) in [6.07, 6.45) is 0.549. The minimum absolute atomic E-state index is 0.0819. The van der Waals surface area contributed by atoms with Gasteiger partial charge < -0.3 is 10.0 Å². The van der Waals surface area contributed by atoms with Gasteiger partial charge in [-0.3, -0.25) is 9.69 Å². The van der Waals surface area contributed by atoms with Crippen LogP contribution in [0.1, 0.15) is 20.3 Å². The van der Waals surface area contributed by atoms with Gasteiger partial charge in [-0.1, -0.05) is 13.8 Å². The predicted octanol–water partition coefficient (Wildman–Crippen LogP) is -0.0981. The molecule has 0 amide bonds. The van der Waals surface area contributed by atoms with Crippen molar-refractivity contribution in [2.45, 2.75) is 26.3 Å². The molecule has 1 atom stereocenters. The summed E-state index contributed by atoms with van der Waals surface area (Å²) >= 11 is 0. The van der Waals surface area contributed by atoms with Crippen LogP contribution in [0.5, 0.6) is 0 Å². The Bertz CT molecular complexity index is 393. The van der Waals surface area contributed by atoms with Crippen molar-refractivity contribution in [2.75, 3.05) is 44.2 Å². The molecule has 0 aromatic carbocycles. The highest BCUT2D eigenvalue weighted by molar-refractivity contribution is 7.91. The molecule has 7 heteroatoms. The second-order valence-corrected chi connectivity index (χ2v) is 7.18. The van der Waals surface area contributed by atoms with Crippen molar-refractivity contribution in [3.63, 3.8) is 0 Å². The van der Waals surface area contributed by atoms with Crippen molar-refractivity contribution < 1.29 is 18.3 Å². The molecule has 1 fully saturated rings. The Balaban J connectivity index is 2.59. The molecule has 0 aliphatic carbocycles. The van der Waals surface area contributed by atoms with Gasteiger partial charge in [-0.05, 0) is 19.5 Å². The van der Waals surface area contributed by atoms with E-state index in [4.69, 9.17) is 5.11 Å². The highest BCUT2D eigenvalue weighted by Gasteiger charge is 2.32. The number of carboxylic acids is 1. The first-order chi connectivity index (χ1) is 8.88. The topological polar surface area (TPSA) is 77.9 Å². The fourth-order valence-corrected chi connectivity index (χ4v) is 4.20. The van der Waals surface area contributed by atoms with Crippen LogP contribution in [0.15, 0.2) is 0 Å². The maximum atomic E-state index is 11.5. The van der Waals surface area contributed by atoms with Crippen molar-refractivity contribution in [3.05, 3.63) is 0 Å². The minimum Gasteiger partial charge on any atom is -0.480 e. The highest BCUT2D eigenvalue weighted by atomic mass is 32.2. The van der Waals surface area contributed by atoms with Crippen LogP contribution in [-0.4, -0.2) is 79.6 Å². The minimum atomic E-state index is -2.97. The molecule has 1 heterocycles. The summed E-state index contributed by atoms with van der Waals surface area (Å²) in [5.74, 6) is -0.624. The van der Waals surface area contributed by atoms with Gasteiger partial charge in [0, 0.05) is 19.1 Å². The van der Waals surface area contributed by atoms with Crippen LogP contribution in [0.4, 0.5) is 0 Å². The fourth-order valence-electron chi connectivity index (χ4n) is 2.44. The van der Waals surface area contributed by atoms with E-state index in [9.17, 15) is 13.2 Å². The Kier molecular flexibility index (Phi) is 6.22. The van der Waals surface area contributed by atoms with E-state index in [1.165, 1.54) is 0 Å². The SMILES string of the molecule is CCN(CC)CCN(CC(=O)O)C1CCS(=O)(=O)C1. The van der Waals surface area contributed by atoms with E-state index in [1.807, 2.05) is 0 Å². The summed E-state index contributed by atoms with van der Waals surface area (Å²) in [4.78, 5) is 14.9. The lowest BCUT2D eigenvalue weighted by molar-refractivity contribution is -0.138. The predicted molar refractivity (Wildman–Crippen MR) is 74.1 cm³/mol. The summed E-state index contributed by atoms with van der Waals surface area (Å²) in [6.45, 7) is 7.25. The van der Waals surface area contributed by atoms with Crippen LogP contribution in [0, 0.1) is 0 Å². The van der Waals surface area contributed by atoms with Gasteiger partial charge in [0.1, 0.15) is 0 Å². The van der Waals surface area contributed by atoms with Crippen LogP contribution >= 0.6 is 0 Å². The molecule has 0 saturated carbocycles. The lowest BCUT2D eigenvalue weighted by atomic mass is 10.2. The van der Waals surface area contributed by atoms with E-state index in [0.29, 0.717) is 13.0 Å². The first kappa shape index (κ1) is 16.4. The standard InChI is InChI=1S/C12H24N2O4S/c1-3-13(4-2)6-7-14(9-12(15)16)11-5-8-19(17,18)10-11/h11H,3-10H2,1-2H3,(H,15,16).